The van der Waals surface area contributed by atoms with Crippen molar-refractivity contribution in [2.24, 2.45) is 0 Å². The normalized spacial score (nSPS) is 17.2. The van der Waals surface area contributed by atoms with Gasteiger partial charge < -0.3 is 9.64 Å². The van der Waals surface area contributed by atoms with Crippen LogP contribution < -0.4 is 0 Å². The molecule has 0 spiro atoms. The van der Waals surface area contributed by atoms with Crippen LogP contribution in [0.1, 0.15) is 24.4 Å². The second kappa shape index (κ2) is 7.32. The first-order valence-electron chi connectivity index (χ1n) is 7.86. The molecule has 1 amide bonds. The standard InChI is InChI=1S/C16H21N5O2/c1-23-14-7-9-20(10-8-14)16(22)15(21-12-17-18-19-21)11-13-5-3-2-4-6-13/h2-6,12,14-15H,7-11H2,1H3/t15-/m0/s1. The first-order valence-corrected chi connectivity index (χ1v) is 7.86. The van der Waals surface area contributed by atoms with Gasteiger partial charge in [-0.1, -0.05) is 30.3 Å². The number of amides is 1. The number of carbonyl (C=O) groups excluding carboxylic acids is 1. The summed E-state index contributed by atoms with van der Waals surface area (Å²) in [6, 6.07) is 9.53. The Bertz CT molecular complexity index is 609. The molecule has 1 aliphatic heterocycles. The maximum Gasteiger partial charge on any atom is 0.247 e. The predicted octanol–water partition coefficient (Wildman–Crippen LogP) is 1.09. The van der Waals surface area contributed by atoms with Gasteiger partial charge in [-0.25, -0.2) is 4.68 Å². The van der Waals surface area contributed by atoms with E-state index in [1.165, 1.54) is 6.33 Å². The summed E-state index contributed by atoms with van der Waals surface area (Å²) in [6.07, 6.45) is 4.08. The minimum Gasteiger partial charge on any atom is -0.381 e. The van der Waals surface area contributed by atoms with E-state index in [4.69, 9.17) is 4.74 Å². The van der Waals surface area contributed by atoms with Crippen molar-refractivity contribution in [1.29, 1.82) is 0 Å². The molecule has 0 aliphatic carbocycles. The molecule has 122 valence electrons. The van der Waals surface area contributed by atoms with Gasteiger partial charge in [-0.2, -0.15) is 0 Å². The number of hydrogen-bond acceptors (Lipinski definition) is 5. The van der Waals surface area contributed by atoms with Crippen LogP contribution in [-0.2, 0) is 16.0 Å². The van der Waals surface area contributed by atoms with Crippen LogP contribution in [0.2, 0.25) is 0 Å². The zero-order valence-corrected chi connectivity index (χ0v) is 13.2. The summed E-state index contributed by atoms with van der Waals surface area (Å²) < 4.78 is 6.93. The van der Waals surface area contributed by atoms with Crippen molar-refractivity contribution in [1.82, 2.24) is 25.1 Å². The number of likely N-dealkylation sites (tertiary alicyclic amines) is 1. The number of benzene rings is 1. The van der Waals surface area contributed by atoms with E-state index >= 15 is 0 Å². The fourth-order valence-electron chi connectivity index (χ4n) is 2.97. The molecule has 2 heterocycles. The third-order valence-corrected chi connectivity index (χ3v) is 4.33. The molecule has 7 heteroatoms. The molecule has 2 aromatic rings. The monoisotopic (exact) mass is 315 g/mol. The molecular formula is C16H21N5O2. The number of piperidine rings is 1. The Hall–Kier alpha value is -2.28. The first kappa shape index (κ1) is 15.6. The van der Waals surface area contributed by atoms with E-state index in [0.717, 1.165) is 18.4 Å². The van der Waals surface area contributed by atoms with E-state index in [9.17, 15) is 4.79 Å². The van der Waals surface area contributed by atoms with Crippen molar-refractivity contribution < 1.29 is 9.53 Å². The zero-order chi connectivity index (χ0) is 16.1. The van der Waals surface area contributed by atoms with Crippen LogP contribution in [0.4, 0.5) is 0 Å². The molecule has 0 N–H and O–H groups in total. The van der Waals surface area contributed by atoms with Crippen LogP contribution in [0.15, 0.2) is 36.7 Å². The van der Waals surface area contributed by atoms with Gasteiger partial charge in [0.15, 0.2) is 0 Å². The van der Waals surface area contributed by atoms with Crippen LogP contribution in [0, 0.1) is 0 Å². The van der Waals surface area contributed by atoms with Gasteiger partial charge in [0.25, 0.3) is 0 Å². The lowest BCUT2D eigenvalue weighted by molar-refractivity contribution is -0.137. The SMILES string of the molecule is COC1CCN(C(=O)[C@H](Cc2ccccc2)n2cnnn2)CC1. The molecule has 3 rings (SSSR count). The highest BCUT2D eigenvalue weighted by molar-refractivity contribution is 5.80. The highest BCUT2D eigenvalue weighted by Crippen LogP contribution is 2.20. The molecule has 1 fully saturated rings. The number of aromatic nitrogens is 4. The van der Waals surface area contributed by atoms with Crippen LogP contribution in [0.25, 0.3) is 0 Å². The summed E-state index contributed by atoms with van der Waals surface area (Å²) in [5.74, 6) is 0.0655. The van der Waals surface area contributed by atoms with E-state index < -0.39 is 6.04 Å². The van der Waals surface area contributed by atoms with E-state index in [2.05, 4.69) is 15.5 Å². The Morgan fingerprint density at radius 1 is 1.30 bits per heavy atom. The Morgan fingerprint density at radius 2 is 2.04 bits per heavy atom. The average Bonchev–Trinajstić information content (AvgIpc) is 3.14. The van der Waals surface area contributed by atoms with E-state index in [1.807, 2.05) is 35.2 Å². The molecule has 23 heavy (non-hydrogen) atoms. The molecule has 0 unspecified atom stereocenters. The van der Waals surface area contributed by atoms with Crippen LogP contribution >= 0.6 is 0 Å². The van der Waals surface area contributed by atoms with Crippen molar-refractivity contribution in [2.75, 3.05) is 20.2 Å². The third kappa shape index (κ3) is 3.73. The average molecular weight is 315 g/mol. The minimum atomic E-state index is -0.411. The summed E-state index contributed by atoms with van der Waals surface area (Å²) in [4.78, 5) is 14.9. The topological polar surface area (TPSA) is 73.1 Å². The zero-order valence-electron chi connectivity index (χ0n) is 13.2. The summed E-state index contributed by atoms with van der Waals surface area (Å²) >= 11 is 0. The van der Waals surface area contributed by atoms with E-state index in [0.29, 0.717) is 19.5 Å². The lowest BCUT2D eigenvalue weighted by Gasteiger charge is -2.33. The summed E-state index contributed by atoms with van der Waals surface area (Å²) in [5.41, 5.74) is 1.09. The van der Waals surface area contributed by atoms with Gasteiger partial charge in [-0.15, -0.1) is 5.10 Å². The fraction of sp³-hybridized carbons (Fsp3) is 0.500. The van der Waals surface area contributed by atoms with Gasteiger partial charge in [0.1, 0.15) is 12.4 Å². The van der Waals surface area contributed by atoms with Crippen molar-refractivity contribution in [3.8, 4) is 0 Å². The summed E-state index contributed by atoms with van der Waals surface area (Å²) in [5, 5.41) is 11.3. The van der Waals surface area contributed by atoms with Gasteiger partial charge in [-0.05, 0) is 28.8 Å². The maximum atomic E-state index is 13.0. The second-order valence-electron chi connectivity index (χ2n) is 5.76. The fourth-order valence-corrected chi connectivity index (χ4v) is 2.97. The summed E-state index contributed by atoms with van der Waals surface area (Å²) in [6.45, 7) is 1.43. The van der Waals surface area contributed by atoms with Crippen LogP contribution in [-0.4, -0.2) is 57.3 Å². The number of ether oxygens (including phenoxy) is 1. The third-order valence-electron chi connectivity index (χ3n) is 4.33. The first-order chi connectivity index (χ1) is 11.3. The number of hydrogen-bond donors (Lipinski definition) is 0. The second-order valence-corrected chi connectivity index (χ2v) is 5.76. The van der Waals surface area contributed by atoms with Crippen molar-refractivity contribution in [3.05, 3.63) is 42.2 Å². The summed E-state index contributed by atoms with van der Waals surface area (Å²) in [7, 11) is 1.72. The van der Waals surface area contributed by atoms with Gasteiger partial charge in [0.05, 0.1) is 6.10 Å². The van der Waals surface area contributed by atoms with Crippen molar-refractivity contribution >= 4 is 5.91 Å². The van der Waals surface area contributed by atoms with Crippen molar-refractivity contribution in [3.63, 3.8) is 0 Å². The number of rotatable bonds is 5. The smallest absolute Gasteiger partial charge is 0.247 e. The molecule has 1 aromatic heterocycles. The van der Waals surface area contributed by atoms with Gasteiger partial charge in [0, 0.05) is 26.6 Å². The van der Waals surface area contributed by atoms with Crippen molar-refractivity contribution in [2.45, 2.75) is 31.4 Å². The lowest BCUT2D eigenvalue weighted by Crippen LogP contribution is -2.44. The largest absolute Gasteiger partial charge is 0.381 e. The molecule has 1 atom stereocenters. The molecule has 1 aromatic carbocycles. The highest BCUT2D eigenvalue weighted by atomic mass is 16.5. The molecule has 0 saturated carbocycles. The quantitative estimate of drug-likeness (QED) is 0.826. The predicted molar refractivity (Wildman–Crippen MR) is 83.6 cm³/mol. The Labute approximate surface area is 135 Å². The number of tetrazole rings is 1. The lowest BCUT2D eigenvalue weighted by atomic mass is 10.0. The number of carbonyl (C=O) groups is 1. The Balaban J connectivity index is 1.74. The van der Waals surface area contributed by atoms with Gasteiger partial charge >= 0.3 is 0 Å². The van der Waals surface area contributed by atoms with Crippen LogP contribution in [0.5, 0.6) is 0 Å². The van der Waals surface area contributed by atoms with Gasteiger partial charge in [0.2, 0.25) is 5.91 Å². The Morgan fingerprint density at radius 3 is 2.65 bits per heavy atom. The molecule has 7 nitrogen and oxygen atoms in total. The molecule has 1 aliphatic rings. The Kier molecular flexibility index (Phi) is 4.97. The minimum absolute atomic E-state index is 0.0655. The van der Waals surface area contributed by atoms with Gasteiger partial charge in [-0.3, -0.25) is 4.79 Å². The molecule has 0 radical (unpaired) electrons. The van der Waals surface area contributed by atoms with E-state index in [1.54, 1.807) is 11.8 Å². The molecular weight excluding hydrogens is 294 g/mol. The molecule has 0 bridgehead atoms. The molecule has 1 saturated heterocycles. The number of nitrogens with zero attached hydrogens (tertiary/aromatic N) is 5. The highest BCUT2D eigenvalue weighted by Gasteiger charge is 2.30. The van der Waals surface area contributed by atoms with E-state index in [-0.39, 0.29) is 12.0 Å². The number of methoxy groups -OCH3 is 1. The maximum absolute atomic E-state index is 13.0. The van der Waals surface area contributed by atoms with Crippen LogP contribution in [0.3, 0.4) is 0 Å².